The van der Waals surface area contributed by atoms with Gasteiger partial charge in [-0.25, -0.2) is 0 Å². The van der Waals surface area contributed by atoms with E-state index in [1.165, 1.54) is 13.2 Å². The van der Waals surface area contributed by atoms with Crippen LogP contribution in [0.2, 0.25) is 0 Å². The fourth-order valence-corrected chi connectivity index (χ4v) is 2.56. The summed E-state index contributed by atoms with van der Waals surface area (Å²) in [5, 5.41) is 0. The third kappa shape index (κ3) is 1.94. The van der Waals surface area contributed by atoms with Gasteiger partial charge in [0.25, 0.3) is 0 Å². The molecule has 1 fully saturated rings. The van der Waals surface area contributed by atoms with Crippen LogP contribution in [0.15, 0.2) is 25.3 Å². The van der Waals surface area contributed by atoms with Gasteiger partial charge in [-0.15, -0.1) is 13.2 Å². The predicted molar refractivity (Wildman–Crippen MR) is 61.8 cm³/mol. The number of rotatable bonds is 5. The molecule has 88 valence electrons. The van der Waals surface area contributed by atoms with Crippen LogP contribution in [0.5, 0.6) is 0 Å². The molecule has 16 heavy (non-hydrogen) atoms. The van der Waals surface area contributed by atoms with E-state index >= 15 is 0 Å². The highest BCUT2D eigenvalue weighted by Crippen LogP contribution is 2.45. The van der Waals surface area contributed by atoms with Crippen LogP contribution >= 0.6 is 0 Å². The van der Waals surface area contributed by atoms with Crippen LogP contribution in [0.3, 0.4) is 0 Å². The van der Waals surface area contributed by atoms with Gasteiger partial charge in [0.15, 0.2) is 0 Å². The van der Waals surface area contributed by atoms with Crippen LogP contribution in [0.25, 0.3) is 0 Å². The Balaban J connectivity index is 3.08. The van der Waals surface area contributed by atoms with Crippen molar-refractivity contribution in [1.82, 2.24) is 0 Å². The Morgan fingerprint density at radius 2 is 2.31 bits per heavy atom. The number of esters is 1. The van der Waals surface area contributed by atoms with E-state index in [0.717, 1.165) is 6.42 Å². The van der Waals surface area contributed by atoms with Gasteiger partial charge < -0.3 is 4.74 Å². The average Bonchev–Trinajstić information content (AvgIpc) is 2.62. The second-order valence-corrected chi connectivity index (χ2v) is 4.16. The average molecular weight is 222 g/mol. The Hall–Kier alpha value is -1.38. The molecule has 1 aliphatic carbocycles. The van der Waals surface area contributed by atoms with Gasteiger partial charge in [-0.2, -0.15) is 0 Å². The van der Waals surface area contributed by atoms with Crippen molar-refractivity contribution in [2.75, 3.05) is 7.11 Å². The van der Waals surface area contributed by atoms with Crippen LogP contribution < -0.4 is 0 Å². The minimum atomic E-state index is -0.656. The zero-order valence-electron chi connectivity index (χ0n) is 9.70. The van der Waals surface area contributed by atoms with Crippen molar-refractivity contribution in [3.63, 3.8) is 0 Å². The maximum atomic E-state index is 12.0. The van der Waals surface area contributed by atoms with Gasteiger partial charge in [0.1, 0.15) is 5.78 Å². The Morgan fingerprint density at radius 3 is 2.69 bits per heavy atom. The summed E-state index contributed by atoms with van der Waals surface area (Å²) < 4.78 is 4.74. The summed E-state index contributed by atoms with van der Waals surface area (Å²) in [6.07, 6.45) is 5.81. The first-order valence-electron chi connectivity index (χ1n) is 5.47. The first kappa shape index (κ1) is 12.7. The lowest BCUT2D eigenvalue weighted by atomic mass is 9.70. The fraction of sp³-hybridized carbons (Fsp3) is 0.538. The molecule has 0 aromatic rings. The Morgan fingerprint density at radius 1 is 1.62 bits per heavy atom. The number of methoxy groups -OCH3 is 1. The van der Waals surface area contributed by atoms with Crippen LogP contribution in [0, 0.1) is 11.3 Å². The highest BCUT2D eigenvalue weighted by Gasteiger charge is 2.49. The molecule has 0 saturated heterocycles. The third-order valence-corrected chi connectivity index (χ3v) is 3.38. The van der Waals surface area contributed by atoms with Crippen molar-refractivity contribution in [2.45, 2.75) is 25.7 Å². The lowest BCUT2D eigenvalue weighted by Crippen LogP contribution is -2.38. The van der Waals surface area contributed by atoms with Crippen LogP contribution in [0.4, 0.5) is 0 Å². The van der Waals surface area contributed by atoms with Gasteiger partial charge >= 0.3 is 5.97 Å². The first-order valence-corrected chi connectivity index (χ1v) is 5.47. The molecule has 0 amide bonds. The van der Waals surface area contributed by atoms with E-state index in [2.05, 4.69) is 13.2 Å². The maximum absolute atomic E-state index is 12.0. The number of carbonyl (C=O) groups excluding carboxylic acids is 2. The zero-order valence-corrected chi connectivity index (χ0v) is 9.70. The second-order valence-electron chi connectivity index (χ2n) is 4.16. The van der Waals surface area contributed by atoms with Crippen molar-refractivity contribution in [2.24, 2.45) is 11.3 Å². The van der Waals surface area contributed by atoms with Crippen molar-refractivity contribution >= 4 is 11.8 Å². The summed E-state index contributed by atoms with van der Waals surface area (Å²) in [6, 6.07) is 0. The largest absolute Gasteiger partial charge is 0.469 e. The second kappa shape index (κ2) is 5.10. The summed E-state index contributed by atoms with van der Waals surface area (Å²) >= 11 is 0. The number of Topliss-reactive ketones (excluding diaryl/α,β-unsaturated/α-hetero) is 1. The normalized spacial score (nSPS) is 26.2. The molecule has 3 nitrogen and oxygen atoms in total. The van der Waals surface area contributed by atoms with E-state index in [-0.39, 0.29) is 11.8 Å². The topological polar surface area (TPSA) is 43.4 Å². The van der Waals surface area contributed by atoms with Gasteiger partial charge in [-0.1, -0.05) is 12.2 Å². The highest BCUT2D eigenvalue weighted by atomic mass is 16.5. The Labute approximate surface area is 96.2 Å². The summed E-state index contributed by atoms with van der Waals surface area (Å²) in [5.41, 5.74) is -0.656. The summed E-state index contributed by atoms with van der Waals surface area (Å²) in [7, 11) is 1.33. The first-order chi connectivity index (χ1) is 7.62. The molecule has 1 saturated carbocycles. The number of ether oxygens (including phenoxy) is 1. The molecule has 0 aromatic heterocycles. The lowest BCUT2D eigenvalue weighted by molar-refractivity contribution is -0.151. The van der Waals surface area contributed by atoms with Crippen LogP contribution in [-0.4, -0.2) is 18.9 Å². The molecule has 1 rings (SSSR count). The van der Waals surface area contributed by atoms with E-state index in [1.807, 2.05) is 0 Å². The quantitative estimate of drug-likeness (QED) is 0.529. The molecule has 0 bridgehead atoms. The van der Waals surface area contributed by atoms with E-state index in [4.69, 9.17) is 4.74 Å². The van der Waals surface area contributed by atoms with E-state index in [9.17, 15) is 9.59 Å². The van der Waals surface area contributed by atoms with Crippen molar-refractivity contribution in [1.29, 1.82) is 0 Å². The number of carbonyl (C=O) groups is 2. The van der Waals surface area contributed by atoms with Gasteiger partial charge in [0.05, 0.1) is 13.0 Å². The predicted octanol–water partition coefficient (Wildman–Crippen LogP) is 2.28. The molecule has 0 aromatic carbocycles. The van der Waals surface area contributed by atoms with Crippen LogP contribution in [0.1, 0.15) is 25.7 Å². The van der Waals surface area contributed by atoms with E-state index < -0.39 is 11.3 Å². The molecule has 0 unspecified atom stereocenters. The smallest absolute Gasteiger partial charge is 0.313 e. The third-order valence-electron chi connectivity index (χ3n) is 3.38. The minimum absolute atomic E-state index is 0.128. The molecular formula is C13H18O3. The van der Waals surface area contributed by atoms with Crippen molar-refractivity contribution < 1.29 is 14.3 Å². The van der Waals surface area contributed by atoms with Gasteiger partial charge in [0, 0.05) is 11.8 Å². The van der Waals surface area contributed by atoms with Crippen molar-refractivity contribution in [3.05, 3.63) is 25.3 Å². The minimum Gasteiger partial charge on any atom is -0.469 e. The van der Waals surface area contributed by atoms with Gasteiger partial charge in [-0.3, -0.25) is 9.59 Å². The van der Waals surface area contributed by atoms with E-state index in [1.54, 1.807) is 6.08 Å². The number of hydrogen-bond acceptors (Lipinski definition) is 3. The summed E-state index contributed by atoms with van der Waals surface area (Å²) in [4.78, 5) is 23.7. The molecule has 0 N–H and O–H groups in total. The SMILES string of the molecule is C=CC[C@@]1([C@@H](C=C)C(=O)OC)CCCC1=O. The number of ketones is 1. The molecule has 2 atom stereocenters. The molecular weight excluding hydrogens is 204 g/mol. The standard InChI is InChI=1S/C13H18O3/c1-4-8-13(9-6-7-11(13)14)10(5-2)12(15)16-3/h4-5,10H,1-2,6-9H2,3H3/t10-,13-/m0/s1. The Bertz CT molecular complexity index is 319. The van der Waals surface area contributed by atoms with Gasteiger partial charge in [0.2, 0.25) is 0 Å². The Kier molecular flexibility index (Phi) is 4.05. The highest BCUT2D eigenvalue weighted by molar-refractivity contribution is 5.92. The van der Waals surface area contributed by atoms with Gasteiger partial charge in [-0.05, 0) is 19.3 Å². The summed E-state index contributed by atoms with van der Waals surface area (Å²) in [6.45, 7) is 7.32. The zero-order chi connectivity index (χ0) is 12.2. The van der Waals surface area contributed by atoms with E-state index in [0.29, 0.717) is 19.3 Å². The molecule has 0 spiro atoms. The van der Waals surface area contributed by atoms with Crippen molar-refractivity contribution in [3.8, 4) is 0 Å². The molecule has 1 aliphatic rings. The number of hydrogen-bond donors (Lipinski definition) is 0. The molecule has 0 heterocycles. The lowest BCUT2D eigenvalue weighted by Gasteiger charge is -2.31. The van der Waals surface area contributed by atoms with Crippen LogP contribution in [-0.2, 0) is 14.3 Å². The molecule has 0 aliphatic heterocycles. The summed E-state index contributed by atoms with van der Waals surface area (Å²) in [5.74, 6) is -0.805. The maximum Gasteiger partial charge on any atom is 0.313 e. The molecule has 0 radical (unpaired) electrons. The number of allylic oxidation sites excluding steroid dienone is 1. The molecule has 3 heteroatoms. The monoisotopic (exact) mass is 222 g/mol. The fourth-order valence-electron chi connectivity index (χ4n) is 2.56.